The molecule has 0 unspecified atom stereocenters. The van der Waals surface area contributed by atoms with Crippen molar-refractivity contribution in [1.29, 1.82) is 0 Å². The molecule has 3 rings (SSSR count). The molecule has 1 aromatic rings. The summed E-state index contributed by atoms with van der Waals surface area (Å²) in [5.74, 6) is -3.50. The highest BCUT2D eigenvalue weighted by Gasteiger charge is 2.35. The number of hydrazone groups is 1. The van der Waals surface area contributed by atoms with Crippen LogP contribution in [-0.2, 0) is 4.79 Å². The zero-order valence-corrected chi connectivity index (χ0v) is 16.9. The summed E-state index contributed by atoms with van der Waals surface area (Å²) in [6.45, 7) is 5.84. The molecule has 1 N–H and O–H groups in total. The van der Waals surface area contributed by atoms with Crippen LogP contribution in [0.4, 0.5) is 14.6 Å². The second-order valence-electron chi connectivity index (χ2n) is 7.23. The summed E-state index contributed by atoms with van der Waals surface area (Å²) in [6, 6.07) is -0.389. The molecule has 2 aliphatic rings. The minimum absolute atomic E-state index is 0.0869. The van der Waals surface area contributed by atoms with E-state index in [4.69, 9.17) is 5.11 Å². The van der Waals surface area contributed by atoms with E-state index in [1.54, 1.807) is 11.1 Å². The van der Waals surface area contributed by atoms with Gasteiger partial charge in [0.2, 0.25) is 5.91 Å². The quantitative estimate of drug-likeness (QED) is 0.692. The van der Waals surface area contributed by atoms with Crippen molar-refractivity contribution in [3.63, 3.8) is 0 Å². The second-order valence-corrected chi connectivity index (χ2v) is 7.23. The Morgan fingerprint density at radius 1 is 1.32 bits per heavy atom. The Labute approximate surface area is 177 Å². The first-order valence-electron chi connectivity index (χ1n) is 9.68. The first-order valence-corrected chi connectivity index (χ1v) is 9.68. The molecular weight excluding hydrogens is 410 g/mol. The molecule has 2 aliphatic heterocycles. The van der Waals surface area contributed by atoms with Crippen LogP contribution in [0.3, 0.4) is 0 Å². The summed E-state index contributed by atoms with van der Waals surface area (Å²) in [4.78, 5) is 36.9. The molecule has 11 heteroatoms. The van der Waals surface area contributed by atoms with Gasteiger partial charge in [0.05, 0.1) is 12.2 Å². The van der Waals surface area contributed by atoms with Crippen LogP contribution in [0.25, 0.3) is 0 Å². The largest absolute Gasteiger partial charge is 0.476 e. The van der Waals surface area contributed by atoms with Crippen LogP contribution in [0.15, 0.2) is 40.6 Å². The number of hydrogen-bond donors (Lipinski definition) is 1. The molecule has 1 aromatic heterocycles. The maximum Gasteiger partial charge on any atom is 0.357 e. The number of carboxylic acids is 1. The number of carbonyl (C=O) groups is 2. The number of hydrogen-bond acceptors (Lipinski definition) is 7. The number of carbonyl (C=O) groups excluding carboxylic acids is 1. The van der Waals surface area contributed by atoms with Crippen LogP contribution in [0.1, 0.15) is 36.7 Å². The van der Waals surface area contributed by atoms with Crippen molar-refractivity contribution >= 4 is 30.1 Å². The number of nitrogens with zero attached hydrogens (tertiary/aromatic N) is 6. The predicted molar refractivity (Wildman–Crippen MR) is 110 cm³/mol. The van der Waals surface area contributed by atoms with Crippen LogP contribution in [0.5, 0.6) is 0 Å². The van der Waals surface area contributed by atoms with E-state index in [0.717, 1.165) is 12.5 Å². The Kier molecular flexibility index (Phi) is 6.83. The van der Waals surface area contributed by atoms with E-state index < -0.39 is 23.3 Å². The van der Waals surface area contributed by atoms with Gasteiger partial charge in [0.1, 0.15) is 12.2 Å². The number of piperidine rings is 1. The van der Waals surface area contributed by atoms with Crippen molar-refractivity contribution in [2.75, 3.05) is 18.0 Å². The summed E-state index contributed by atoms with van der Waals surface area (Å²) in [7, 11) is 0. The van der Waals surface area contributed by atoms with Crippen LogP contribution in [0, 0.1) is 11.7 Å². The molecule has 164 valence electrons. The third kappa shape index (κ3) is 4.98. The van der Waals surface area contributed by atoms with Crippen molar-refractivity contribution < 1.29 is 23.5 Å². The van der Waals surface area contributed by atoms with Gasteiger partial charge < -0.3 is 10.0 Å². The van der Waals surface area contributed by atoms with E-state index in [0.29, 0.717) is 37.9 Å². The second kappa shape index (κ2) is 9.54. The van der Waals surface area contributed by atoms with Crippen LogP contribution in [-0.4, -0.2) is 63.5 Å². The van der Waals surface area contributed by atoms with E-state index in [2.05, 4.69) is 26.6 Å². The fourth-order valence-corrected chi connectivity index (χ4v) is 3.51. The standard InChI is InChI=1S/C20H22F2N6O3/c1-12(9-23-10-13(2)21)15-3-6-26-28(15)19(29)14-4-7-27(8-5-14)18-16(22)17(20(30)31)24-11-25-18/h6,9-11,14-15H,1,3-5,7-8H2,2H3,(H,30,31)/b13-10+,23-9-/t15-/m0/s1. The highest BCUT2D eigenvalue weighted by atomic mass is 19.1. The fourth-order valence-electron chi connectivity index (χ4n) is 3.51. The zero-order valence-electron chi connectivity index (χ0n) is 16.9. The predicted octanol–water partition coefficient (Wildman–Crippen LogP) is 2.57. The molecule has 1 amide bonds. The summed E-state index contributed by atoms with van der Waals surface area (Å²) in [5, 5.41) is 14.6. The highest BCUT2D eigenvalue weighted by Crippen LogP contribution is 2.28. The SMILES string of the molecule is C=C(/C=N\C=C(/C)F)[C@@H]1CC=NN1C(=O)C1CCN(c2ncnc(C(=O)O)c2F)CC1. The topological polar surface area (TPSA) is 111 Å². The minimum atomic E-state index is -1.47. The van der Waals surface area contributed by atoms with Crippen LogP contribution in [0.2, 0.25) is 0 Å². The maximum atomic E-state index is 14.4. The Morgan fingerprint density at radius 3 is 2.68 bits per heavy atom. The normalized spacial score (nSPS) is 20.0. The van der Waals surface area contributed by atoms with Gasteiger partial charge >= 0.3 is 5.97 Å². The molecule has 0 bridgehead atoms. The minimum Gasteiger partial charge on any atom is -0.476 e. The van der Waals surface area contributed by atoms with E-state index in [9.17, 15) is 18.4 Å². The molecule has 9 nitrogen and oxygen atoms in total. The zero-order chi connectivity index (χ0) is 22.5. The molecule has 3 heterocycles. The third-order valence-electron chi connectivity index (χ3n) is 5.09. The Hall–Kier alpha value is -3.50. The molecule has 1 atom stereocenters. The molecule has 0 saturated carbocycles. The summed E-state index contributed by atoms with van der Waals surface area (Å²) in [5.41, 5.74) is -0.152. The lowest BCUT2D eigenvalue weighted by Gasteiger charge is -2.34. The molecule has 0 radical (unpaired) electrons. The van der Waals surface area contributed by atoms with Gasteiger partial charge in [0.15, 0.2) is 17.3 Å². The van der Waals surface area contributed by atoms with Gasteiger partial charge in [-0.2, -0.15) is 5.10 Å². The number of rotatable bonds is 6. The fraction of sp³-hybridized carbons (Fsp3) is 0.400. The van der Waals surface area contributed by atoms with Crippen molar-refractivity contribution in [2.24, 2.45) is 16.0 Å². The molecule has 31 heavy (non-hydrogen) atoms. The Balaban J connectivity index is 1.64. The lowest BCUT2D eigenvalue weighted by Crippen LogP contribution is -2.44. The highest BCUT2D eigenvalue weighted by molar-refractivity contribution is 5.88. The smallest absolute Gasteiger partial charge is 0.357 e. The first kappa shape index (κ1) is 22.2. The number of aromatic carboxylic acids is 1. The van der Waals surface area contributed by atoms with Gasteiger partial charge in [-0.15, -0.1) is 0 Å². The third-order valence-corrected chi connectivity index (χ3v) is 5.09. The van der Waals surface area contributed by atoms with Crippen molar-refractivity contribution in [3.05, 3.63) is 42.0 Å². The molecule has 0 aliphatic carbocycles. The molecule has 1 saturated heterocycles. The van der Waals surface area contributed by atoms with Gasteiger partial charge in [-0.1, -0.05) is 6.58 Å². The number of halogens is 2. The Bertz CT molecular complexity index is 966. The van der Waals surface area contributed by atoms with E-state index in [1.165, 1.54) is 18.1 Å². The summed E-state index contributed by atoms with van der Waals surface area (Å²) < 4.78 is 27.2. The number of carboxylic acid groups (broad SMARTS) is 1. The Morgan fingerprint density at radius 2 is 2.03 bits per heavy atom. The van der Waals surface area contributed by atoms with Crippen molar-refractivity contribution in [2.45, 2.75) is 32.2 Å². The van der Waals surface area contributed by atoms with Gasteiger partial charge in [-0.3, -0.25) is 9.79 Å². The molecular formula is C20H22F2N6O3. The van der Waals surface area contributed by atoms with E-state index in [-0.39, 0.29) is 23.7 Å². The molecule has 1 fully saturated rings. The van der Waals surface area contributed by atoms with Gasteiger partial charge in [0, 0.05) is 37.9 Å². The maximum absolute atomic E-state index is 14.4. The van der Waals surface area contributed by atoms with Gasteiger partial charge in [-0.05, 0) is 25.3 Å². The van der Waals surface area contributed by atoms with E-state index >= 15 is 0 Å². The number of allylic oxidation sites excluding steroid dienone is 1. The number of aliphatic imine (C=N–C) groups is 1. The molecule has 0 spiro atoms. The summed E-state index contributed by atoms with van der Waals surface area (Å²) >= 11 is 0. The van der Waals surface area contributed by atoms with Crippen molar-refractivity contribution in [1.82, 2.24) is 15.0 Å². The number of anilines is 1. The average molecular weight is 432 g/mol. The monoisotopic (exact) mass is 432 g/mol. The van der Waals surface area contributed by atoms with Gasteiger partial charge in [0.25, 0.3) is 0 Å². The van der Waals surface area contributed by atoms with Gasteiger partial charge in [-0.25, -0.2) is 28.6 Å². The van der Waals surface area contributed by atoms with E-state index in [1.807, 2.05) is 0 Å². The summed E-state index contributed by atoms with van der Waals surface area (Å²) in [6.07, 6.45) is 6.43. The number of aromatic nitrogens is 2. The van der Waals surface area contributed by atoms with Crippen LogP contribution >= 0.6 is 0 Å². The first-order chi connectivity index (χ1) is 14.8. The lowest BCUT2D eigenvalue weighted by molar-refractivity contribution is -0.137. The van der Waals surface area contributed by atoms with Crippen molar-refractivity contribution in [3.8, 4) is 0 Å². The lowest BCUT2D eigenvalue weighted by atomic mass is 9.94. The number of amides is 1. The average Bonchev–Trinajstić information content (AvgIpc) is 3.23. The van der Waals surface area contributed by atoms with Crippen LogP contribution < -0.4 is 4.90 Å². The molecule has 0 aromatic carbocycles.